The predicted molar refractivity (Wildman–Crippen MR) is 96.7 cm³/mol. The van der Waals surface area contributed by atoms with Gasteiger partial charge in [0.15, 0.2) is 0 Å². The maximum Gasteiger partial charge on any atom is 0.277 e. The van der Waals surface area contributed by atoms with Gasteiger partial charge in [-0.25, -0.2) is 0 Å². The van der Waals surface area contributed by atoms with Gasteiger partial charge in [-0.2, -0.15) is 0 Å². The average Bonchev–Trinajstić information content (AvgIpc) is 3.01. The summed E-state index contributed by atoms with van der Waals surface area (Å²) in [6.07, 6.45) is 0. The highest BCUT2D eigenvalue weighted by Gasteiger charge is 2.12. The van der Waals surface area contributed by atoms with Crippen LogP contribution in [0.1, 0.15) is 11.1 Å². The van der Waals surface area contributed by atoms with Gasteiger partial charge in [-0.1, -0.05) is 23.9 Å². The quantitative estimate of drug-likeness (QED) is 0.677. The second kappa shape index (κ2) is 7.40. The van der Waals surface area contributed by atoms with E-state index in [9.17, 15) is 9.90 Å². The molecule has 25 heavy (non-hydrogen) atoms. The highest BCUT2D eigenvalue weighted by Crippen LogP contribution is 2.25. The Balaban J connectivity index is 1.59. The molecule has 1 heterocycles. The summed E-state index contributed by atoms with van der Waals surface area (Å²) in [5.41, 5.74) is 3.58. The number of nitrogens with zero attached hydrogens (tertiary/aromatic N) is 2. The summed E-state index contributed by atoms with van der Waals surface area (Å²) in [6, 6.07) is 12.4. The topological polar surface area (TPSA) is 88.2 Å². The number of aromatic hydroxyl groups is 1. The first-order chi connectivity index (χ1) is 12.0. The van der Waals surface area contributed by atoms with Gasteiger partial charge in [-0.3, -0.25) is 4.79 Å². The van der Waals surface area contributed by atoms with Crippen molar-refractivity contribution < 1.29 is 14.3 Å². The SMILES string of the molecule is Cc1cc(C)cc(NC(=O)CSc2nnc(-c3cccc(O)c3)o2)c1. The van der Waals surface area contributed by atoms with Gasteiger partial charge in [-0.05, 0) is 55.3 Å². The van der Waals surface area contributed by atoms with Crippen molar-refractivity contribution in [2.45, 2.75) is 19.1 Å². The molecule has 128 valence electrons. The average molecular weight is 355 g/mol. The van der Waals surface area contributed by atoms with E-state index in [1.165, 1.54) is 6.07 Å². The third kappa shape index (κ3) is 4.60. The molecule has 0 unspecified atom stereocenters. The van der Waals surface area contributed by atoms with Gasteiger partial charge in [0.05, 0.1) is 5.75 Å². The highest BCUT2D eigenvalue weighted by atomic mass is 32.2. The first kappa shape index (κ1) is 17.0. The predicted octanol–water partition coefficient (Wildman–Crippen LogP) is 3.79. The lowest BCUT2D eigenvalue weighted by Gasteiger charge is -2.06. The maximum atomic E-state index is 12.1. The number of carbonyl (C=O) groups excluding carboxylic acids is 1. The van der Waals surface area contributed by atoms with E-state index in [2.05, 4.69) is 15.5 Å². The van der Waals surface area contributed by atoms with Crippen molar-refractivity contribution in [3.05, 3.63) is 53.6 Å². The standard InChI is InChI=1S/C18H17N3O3S/c1-11-6-12(2)8-14(7-11)19-16(23)10-25-18-21-20-17(24-18)13-4-3-5-15(22)9-13/h3-9,22H,10H2,1-2H3,(H,19,23). The van der Waals surface area contributed by atoms with Crippen LogP contribution in [0.3, 0.4) is 0 Å². The van der Waals surface area contributed by atoms with Crippen LogP contribution < -0.4 is 5.32 Å². The molecule has 6 nitrogen and oxygen atoms in total. The fourth-order valence-electron chi connectivity index (χ4n) is 2.39. The fourth-order valence-corrected chi connectivity index (χ4v) is 2.96. The number of hydrogen-bond acceptors (Lipinski definition) is 6. The smallest absolute Gasteiger partial charge is 0.277 e. The molecule has 2 N–H and O–H groups in total. The summed E-state index contributed by atoms with van der Waals surface area (Å²) in [7, 11) is 0. The van der Waals surface area contributed by atoms with Crippen LogP contribution in [0.25, 0.3) is 11.5 Å². The first-order valence-electron chi connectivity index (χ1n) is 7.63. The molecular weight excluding hydrogens is 338 g/mol. The van der Waals surface area contributed by atoms with E-state index >= 15 is 0 Å². The van der Waals surface area contributed by atoms with Crippen LogP contribution in [0.2, 0.25) is 0 Å². The van der Waals surface area contributed by atoms with E-state index in [0.717, 1.165) is 28.6 Å². The Hall–Kier alpha value is -2.80. The minimum atomic E-state index is -0.146. The van der Waals surface area contributed by atoms with Gasteiger partial charge in [0.25, 0.3) is 5.22 Å². The van der Waals surface area contributed by atoms with Gasteiger partial charge in [-0.15, -0.1) is 10.2 Å². The largest absolute Gasteiger partial charge is 0.508 e. The second-order valence-corrected chi connectivity index (χ2v) is 6.56. The van der Waals surface area contributed by atoms with Gasteiger partial charge < -0.3 is 14.8 Å². The number of nitrogens with one attached hydrogen (secondary N) is 1. The van der Waals surface area contributed by atoms with Crippen LogP contribution in [0, 0.1) is 13.8 Å². The number of amides is 1. The Kier molecular flexibility index (Phi) is 5.04. The van der Waals surface area contributed by atoms with Crippen molar-refractivity contribution in [3.63, 3.8) is 0 Å². The minimum Gasteiger partial charge on any atom is -0.508 e. The van der Waals surface area contributed by atoms with E-state index in [-0.39, 0.29) is 17.4 Å². The first-order valence-corrected chi connectivity index (χ1v) is 8.62. The number of aromatic nitrogens is 2. The van der Waals surface area contributed by atoms with Crippen molar-refractivity contribution in [3.8, 4) is 17.2 Å². The fraction of sp³-hybridized carbons (Fsp3) is 0.167. The van der Waals surface area contributed by atoms with Gasteiger partial charge in [0.1, 0.15) is 5.75 Å². The van der Waals surface area contributed by atoms with Crippen LogP contribution in [-0.4, -0.2) is 27.0 Å². The molecule has 1 aromatic heterocycles. The van der Waals surface area contributed by atoms with E-state index in [4.69, 9.17) is 4.42 Å². The van der Waals surface area contributed by atoms with Crippen LogP contribution in [-0.2, 0) is 4.79 Å². The zero-order valence-electron chi connectivity index (χ0n) is 13.8. The number of rotatable bonds is 5. The third-order valence-corrected chi connectivity index (χ3v) is 4.15. The van der Waals surface area contributed by atoms with Crippen LogP contribution >= 0.6 is 11.8 Å². The zero-order chi connectivity index (χ0) is 17.8. The number of carbonyl (C=O) groups is 1. The molecule has 0 saturated carbocycles. The van der Waals surface area contributed by atoms with Crippen LogP contribution in [0.5, 0.6) is 5.75 Å². The Bertz CT molecular complexity index is 888. The molecule has 3 aromatic rings. The Morgan fingerprint density at radius 3 is 2.64 bits per heavy atom. The summed E-state index contributed by atoms with van der Waals surface area (Å²) in [6.45, 7) is 3.97. The van der Waals surface area contributed by atoms with Crippen LogP contribution in [0.4, 0.5) is 5.69 Å². The summed E-state index contributed by atoms with van der Waals surface area (Å²) in [5, 5.41) is 20.5. The van der Waals surface area contributed by atoms with Crippen LogP contribution in [0.15, 0.2) is 52.1 Å². The Labute approximate surface area is 149 Å². The number of hydrogen-bond donors (Lipinski definition) is 2. The number of thioether (sulfide) groups is 1. The maximum absolute atomic E-state index is 12.1. The molecule has 7 heteroatoms. The third-order valence-electron chi connectivity index (χ3n) is 3.33. The van der Waals surface area contributed by atoms with Crippen molar-refractivity contribution >= 4 is 23.4 Å². The molecule has 0 atom stereocenters. The molecule has 0 spiro atoms. The molecule has 3 rings (SSSR count). The van der Waals surface area contributed by atoms with Gasteiger partial charge in [0.2, 0.25) is 11.8 Å². The molecule has 0 aliphatic carbocycles. The van der Waals surface area contributed by atoms with Crippen molar-refractivity contribution in [1.29, 1.82) is 0 Å². The van der Waals surface area contributed by atoms with Crippen molar-refractivity contribution in [2.24, 2.45) is 0 Å². The van der Waals surface area contributed by atoms with Crippen molar-refractivity contribution in [1.82, 2.24) is 10.2 Å². The second-order valence-electron chi connectivity index (χ2n) is 5.64. The molecule has 0 saturated heterocycles. The molecule has 0 bridgehead atoms. The number of phenols is 1. The number of aryl methyl sites for hydroxylation is 2. The summed E-state index contributed by atoms with van der Waals surface area (Å²) in [5.74, 6) is 0.437. The van der Waals surface area contributed by atoms with Crippen molar-refractivity contribution in [2.75, 3.05) is 11.1 Å². The lowest BCUT2D eigenvalue weighted by atomic mass is 10.1. The minimum absolute atomic E-state index is 0.123. The van der Waals surface area contributed by atoms with E-state index in [1.807, 2.05) is 32.0 Å². The normalized spacial score (nSPS) is 10.6. The van der Waals surface area contributed by atoms with Gasteiger partial charge in [0, 0.05) is 11.3 Å². The van der Waals surface area contributed by atoms with E-state index in [0.29, 0.717) is 16.7 Å². The van der Waals surface area contributed by atoms with Gasteiger partial charge >= 0.3 is 0 Å². The summed E-state index contributed by atoms with van der Waals surface area (Å²) in [4.78, 5) is 12.1. The molecule has 0 aliphatic rings. The number of phenolic OH excluding ortho intramolecular Hbond substituents is 1. The summed E-state index contributed by atoms with van der Waals surface area (Å²) < 4.78 is 5.51. The summed E-state index contributed by atoms with van der Waals surface area (Å²) >= 11 is 1.16. The molecule has 2 aromatic carbocycles. The molecule has 0 radical (unpaired) electrons. The Morgan fingerprint density at radius 2 is 1.92 bits per heavy atom. The number of anilines is 1. The molecule has 0 aliphatic heterocycles. The molecule has 1 amide bonds. The van der Waals surface area contributed by atoms with E-state index < -0.39 is 0 Å². The monoisotopic (exact) mass is 355 g/mol. The molecular formula is C18H17N3O3S. The molecule has 0 fully saturated rings. The Morgan fingerprint density at radius 1 is 1.16 bits per heavy atom. The lowest BCUT2D eigenvalue weighted by molar-refractivity contribution is -0.113. The lowest BCUT2D eigenvalue weighted by Crippen LogP contribution is -2.14. The number of benzene rings is 2. The highest BCUT2D eigenvalue weighted by molar-refractivity contribution is 7.99. The van der Waals surface area contributed by atoms with E-state index in [1.54, 1.807) is 18.2 Å². The zero-order valence-corrected chi connectivity index (χ0v) is 14.6.